The molecule has 0 unspecified atom stereocenters. The average Bonchev–Trinajstić information content (AvgIpc) is 3.82. The Morgan fingerprint density at radius 2 is 0.810 bits per heavy atom. The van der Waals surface area contributed by atoms with E-state index in [2.05, 4.69) is 110 Å². The van der Waals surface area contributed by atoms with Gasteiger partial charge >= 0.3 is 0 Å². The molecule has 4 aliphatic rings. The third kappa shape index (κ3) is 41.2. The highest BCUT2D eigenvalue weighted by atomic mass is 16.1. The molecule has 0 amide bonds. The minimum Gasteiger partial charge on any atom is -1.00 e. The first kappa shape index (κ1) is 47.9. The van der Waals surface area contributed by atoms with Crippen molar-refractivity contribution >= 4 is 12.6 Å². The lowest BCUT2D eigenvalue weighted by atomic mass is 10.6. The van der Waals surface area contributed by atoms with Gasteiger partial charge in [-0.3, -0.25) is 29.4 Å². The largest absolute Gasteiger partial charge is 1.00 e. The van der Waals surface area contributed by atoms with Crippen LogP contribution in [0.15, 0.2) is 0 Å². The molecule has 10 nitrogen and oxygen atoms in total. The van der Waals surface area contributed by atoms with E-state index in [1.54, 1.807) is 0 Å². The van der Waals surface area contributed by atoms with E-state index in [0.717, 1.165) is 52.3 Å². The van der Waals surface area contributed by atoms with E-state index in [1.165, 1.54) is 65.2 Å². The molecule has 0 radical (unpaired) electrons. The molecular weight excluding hydrogens is 528 g/mol. The maximum absolute atomic E-state index is 9.17. The number of carbonyl (C=O) groups is 2. The van der Waals surface area contributed by atoms with E-state index < -0.39 is 0 Å². The van der Waals surface area contributed by atoms with Gasteiger partial charge in [-0.1, -0.05) is 68.2 Å². The SMILES string of the molecule is CCC.CCC.CCC=O.CCC=O.CCN1CCN(C)C1.CCN1CCN(C)C1.CN1CCNC1.CN1CCNC1.[H-].[H-]. The molecule has 0 spiro atoms. The Morgan fingerprint density at radius 3 is 0.881 bits per heavy atom. The van der Waals surface area contributed by atoms with Crippen molar-refractivity contribution in [3.63, 3.8) is 0 Å². The highest BCUT2D eigenvalue weighted by molar-refractivity contribution is 5.48. The lowest BCUT2D eigenvalue weighted by Gasteiger charge is -2.10. The Labute approximate surface area is 266 Å². The standard InChI is InChI=1S/2C6H14N2.2C4H10N2.2C3H6O.2C3H8.2H/c2*1-3-8-5-4-7(2)6-8;2*1-6-3-2-5-4-6;2*1-2-3-4;2*1-3-2;;/h2*3-6H2,1-2H3;2*5H,2-4H2,1H3;2*3H,2H2,1H3;2*3H2,1-2H3;;/q;;;;;;;;2*-1. The third-order valence-electron chi connectivity index (χ3n) is 5.81. The van der Waals surface area contributed by atoms with Crippen LogP contribution in [-0.4, -0.2) is 162 Å². The van der Waals surface area contributed by atoms with Crippen molar-refractivity contribution in [3.8, 4) is 0 Å². The maximum Gasteiger partial charge on any atom is 0.119 e. The van der Waals surface area contributed by atoms with Crippen LogP contribution in [0.3, 0.4) is 0 Å². The van der Waals surface area contributed by atoms with Crippen LogP contribution in [0.2, 0.25) is 0 Å². The summed E-state index contributed by atoms with van der Waals surface area (Å²) in [6, 6.07) is 0. The highest BCUT2D eigenvalue weighted by Gasteiger charge is 2.13. The molecule has 0 atom stereocenters. The molecule has 4 aliphatic heterocycles. The van der Waals surface area contributed by atoms with E-state index in [4.69, 9.17) is 0 Å². The van der Waals surface area contributed by atoms with Crippen LogP contribution in [-0.2, 0) is 9.59 Å². The molecule has 0 saturated carbocycles. The van der Waals surface area contributed by atoms with Gasteiger partial charge in [0.2, 0.25) is 0 Å². The molecule has 4 saturated heterocycles. The lowest BCUT2D eigenvalue weighted by Crippen LogP contribution is -2.22. The summed E-state index contributed by atoms with van der Waals surface area (Å²) in [5, 5.41) is 6.40. The summed E-state index contributed by atoms with van der Waals surface area (Å²) in [4.78, 5) is 32.4. The summed E-state index contributed by atoms with van der Waals surface area (Å²) in [5.41, 5.74) is 0. The zero-order valence-corrected chi connectivity index (χ0v) is 30.4. The number of carbonyl (C=O) groups excluding carboxylic acids is 2. The minimum atomic E-state index is 0. The zero-order chi connectivity index (χ0) is 33.0. The van der Waals surface area contributed by atoms with E-state index in [-0.39, 0.29) is 2.85 Å². The first-order chi connectivity index (χ1) is 20.1. The first-order valence-corrected chi connectivity index (χ1v) is 16.6. The highest BCUT2D eigenvalue weighted by Crippen LogP contribution is 1.99. The van der Waals surface area contributed by atoms with E-state index in [1.807, 2.05) is 13.8 Å². The van der Waals surface area contributed by atoms with Gasteiger partial charge in [0.15, 0.2) is 0 Å². The van der Waals surface area contributed by atoms with Gasteiger partial charge in [0.25, 0.3) is 0 Å². The van der Waals surface area contributed by atoms with Crippen LogP contribution in [0.5, 0.6) is 0 Å². The summed E-state index contributed by atoms with van der Waals surface area (Å²) >= 11 is 0. The molecule has 4 heterocycles. The molecule has 0 aromatic heterocycles. The minimum absolute atomic E-state index is 0. The van der Waals surface area contributed by atoms with Crippen molar-refractivity contribution in [2.45, 2.75) is 81.1 Å². The summed E-state index contributed by atoms with van der Waals surface area (Å²) in [6.45, 7) is 33.1. The number of hydrogen-bond acceptors (Lipinski definition) is 10. The normalized spacial score (nSPS) is 18.8. The van der Waals surface area contributed by atoms with Crippen molar-refractivity contribution in [1.82, 2.24) is 40.0 Å². The van der Waals surface area contributed by atoms with Crippen molar-refractivity contribution in [1.29, 1.82) is 0 Å². The van der Waals surface area contributed by atoms with Crippen molar-refractivity contribution in [3.05, 3.63) is 0 Å². The van der Waals surface area contributed by atoms with Crippen molar-refractivity contribution in [2.75, 3.05) is 120 Å². The Kier molecular flexibility index (Phi) is 45.7. The molecule has 0 aliphatic carbocycles. The topological polar surface area (TPSA) is 77.6 Å². The fourth-order valence-electron chi connectivity index (χ4n) is 3.34. The molecule has 260 valence electrons. The average molecular weight is 607 g/mol. The fourth-order valence-corrected chi connectivity index (χ4v) is 3.34. The second-order valence-electron chi connectivity index (χ2n) is 10.9. The van der Waals surface area contributed by atoms with Gasteiger partial charge in [-0.15, -0.1) is 0 Å². The Bertz CT molecular complexity index is 473. The molecule has 2 N–H and O–H groups in total. The molecular formula is C32H78N8O2-2. The lowest BCUT2D eigenvalue weighted by molar-refractivity contribution is -0.108. The van der Waals surface area contributed by atoms with Crippen molar-refractivity contribution in [2.24, 2.45) is 0 Å². The molecule has 4 fully saturated rings. The Balaban J connectivity index is -0.0000000957. The number of aldehydes is 2. The van der Waals surface area contributed by atoms with Gasteiger partial charge in [-0.05, 0) is 41.3 Å². The summed E-state index contributed by atoms with van der Waals surface area (Å²) < 4.78 is 0. The fraction of sp³-hybridized carbons (Fsp3) is 0.938. The number of hydrogen-bond donors (Lipinski definition) is 2. The van der Waals surface area contributed by atoms with Gasteiger partial charge in [0.1, 0.15) is 12.6 Å². The van der Waals surface area contributed by atoms with Gasteiger partial charge in [0.05, 0.1) is 13.3 Å². The van der Waals surface area contributed by atoms with Gasteiger partial charge < -0.3 is 23.1 Å². The van der Waals surface area contributed by atoms with Crippen molar-refractivity contribution < 1.29 is 12.4 Å². The molecule has 0 aromatic carbocycles. The van der Waals surface area contributed by atoms with Crippen LogP contribution >= 0.6 is 0 Å². The summed E-state index contributed by atoms with van der Waals surface area (Å²) in [5.74, 6) is 0. The van der Waals surface area contributed by atoms with E-state index in [0.29, 0.717) is 12.8 Å². The molecule has 42 heavy (non-hydrogen) atoms. The predicted molar refractivity (Wildman–Crippen MR) is 187 cm³/mol. The van der Waals surface area contributed by atoms with E-state index in [9.17, 15) is 9.59 Å². The Morgan fingerprint density at radius 1 is 0.524 bits per heavy atom. The molecule has 0 bridgehead atoms. The summed E-state index contributed by atoms with van der Waals surface area (Å²) in [7, 11) is 8.55. The smallest absolute Gasteiger partial charge is 0.119 e. The number of likely N-dealkylation sites (N-methyl/N-ethyl adjacent to an activating group) is 6. The maximum atomic E-state index is 9.17. The monoisotopic (exact) mass is 607 g/mol. The quantitative estimate of drug-likeness (QED) is 0.464. The molecule has 10 heteroatoms. The summed E-state index contributed by atoms with van der Waals surface area (Å²) in [6.07, 6.45) is 5.53. The van der Waals surface area contributed by atoms with Gasteiger partial charge in [-0.2, -0.15) is 0 Å². The zero-order valence-electron chi connectivity index (χ0n) is 32.4. The number of rotatable bonds is 4. The Hall–Kier alpha value is -0.980. The number of nitrogens with one attached hydrogen (secondary N) is 2. The second-order valence-corrected chi connectivity index (χ2v) is 10.9. The second kappa shape index (κ2) is 40.0. The third-order valence-corrected chi connectivity index (χ3v) is 5.81. The van der Waals surface area contributed by atoms with E-state index >= 15 is 0 Å². The van der Waals surface area contributed by atoms with Crippen LogP contribution in [0.25, 0.3) is 0 Å². The van der Waals surface area contributed by atoms with Gasteiger partial charge in [0, 0.05) is 78.5 Å². The van der Waals surface area contributed by atoms with Gasteiger partial charge in [-0.25, -0.2) is 0 Å². The van der Waals surface area contributed by atoms with Crippen LogP contribution in [0, 0.1) is 0 Å². The predicted octanol–water partition coefficient (Wildman–Crippen LogP) is 3.63. The molecule has 4 rings (SSSR count). The van der Waals surface area contributed by atoms with Crippen LogP contribution in [0.1, 0.15) is 83.9 Å². The number of nitrogens with zero attached hydrogens (tertiary/aromatic N) is 6. The van der Waals surface area contributed by atoms with Crippen LogP contribution < -0.4 is 10.6 Å². The molecule has 0 aromatic rings. The first-order valence-electron chi connectivity index (χ1n) is 16.6. The van der Waals surface area contributed by atoms with Crippen LogP contribution in [0.4, 0.5) is 0 Å².